The van der Waals surface area contributed by atoms with Crippen LogP contribution in [-0.2, 0) is 19.6 Å². The zero-order valence-electron chi connectivity index (χ0n) is 17.8. The fourth-order valence-corrected chi connectivity index (χ4v) is 3.81. The largest absolute Gasteiger partial charge is 0.392 e. The summed E-state index contributed by atoms with van der Waals surface area (Å²) in [6.07, 6.45) is 4.00. The first-order valence-corrected chi connectivity index (χ1v) is 10.4. The number of hydrogen-bond acceptors (Lipinski definition) is 3. The summed E-state index contributed by atoms with van der Waals surface area (Å²) < 4.78 is 15.0. The van der Waals surface area contributed by atoms with Crippen LogP contribution >= 0.6 is 0 Å². The summed E-state index contributed by atoms with van der Waals surface area (Å²) in [6, 6.07) is 4.71. The summed E-state index contributed by atoms with van der Waals surface area (Å²) in [5.74, 6) is -0.0175. The standard InChI is InChI=1S/C24H34FNO2/c1-6-7-8-9-18-22(19-12-17(13-27)10-11-21(19)25)20(14-28)24(16(4)5)26-23(18)15(2)3/h10-12,15-16,27-28H,6-9,13-14H2,1-5H3. The van der Waals surface area contributed by atoms with Crippen molar-refractivity contribution in [3.8, 4) is 11.1 Å². The first kappa shape index (κ1) is 22.5. The van der Waals surface area contributed by atoms with Gasteiger partial charge in [0.2, 0.25) is 0 Å². The third-order valence-corrected chi connectivity index (χ3v) is 5.23. The molecule has 0 saturated heterocycles. The molecule has 0 saturated carbocycles. The van der Waals surface area contributed by atoms with E-state index in [2.05, 4.69) is 20.8 Å². The monoisotopic (exact) mass is 387 g/mol. The van der Waals surface area contributed by atoms with E-state index >= 15 is 0 Å². The number of nitrogens with zero attached hydrogens (tertiary/aromatic N) is 1. The van der Waals surface area contributed by atoms with Gasteiger partial charge in [-0.15, -0.1) is 0 Å². The second-order valence-corrected chi connectivity index (χ2v) is 8.11. The molecule has 3 nitrogen and oxygen atoms in total. The van der Waals surface area contributed by atoms with E-state index in [1.807, 2.05) is 13.8 Å². The molecule has 0 bridgehead atoms. The molecule has 2 N–H and O–H groups in total. The Hall–Kier alpha value is -1.78. The van der Waals surface area contributed by atoms with Crippen LogP contribution in [0, 0.1) is 5.82 Å². The quantitative estimate of drug-likeness (QED) is 0.531. The van der Waals surface area contributed by atoms with Crippen molar-refractivity contribution in [2.75, 3.05) is 0 Å². The zero-order valence-corrected chi connectivity index (χ0v) is 17.8. The molecule has 0 radical (unpaired) electrons. The summed E-state index contributed by atoms with van der Waals surface area (Å²) >= 11 is 0. The minimum Gasteiger partial charge on any atom is -0.392 e. The van der Waals surface area contributed by atoms with Gasteiger partial charge in [0, 0.05) is 22.5 Å². The van der Waals surface area contributed by atoms with Gasteiger partial charge in [-0.1, -0.05) is 53.5 Å². The van der Waals surface area contributed by atoms with Gasteiger partial charge in [-0.2, -0.15) is 0 Å². The first-order valence-electron chi connectivity index (χ1n) is 10.4. The number of aliphatic hydroxyl groups excluding tert-OH is 2. The van der Waals surface area contributed by atoms with Crippen LogP contribution in [0.15, 0.2) is 18.2 Å². The Morgan fingerprint density at radius 2 is 1.57 bits per heavy atom. The van der Waals surface area contributed by atoms with Crippen molar-refractivity contribution in [1.82, 2.24) is 4.98 Å². The number of aliphatic hydroxyl groups is 2. The molecule has 1 aromatic carbocycles. The lowest BCUT2D eigenvalue weighted by Crippen LogP contribution is -2.13. The van der Waals surface area contributed by atoms with Crippen LogP contribution in [0.25, 0.3) is 11.1 Å². The van der Waals surface area contributed by atoms with Gasteiger partial charge in [0.05, 0.1) is 13.2 Å². The molecule has 154 valence electrons. The average molecular weight is 388 g/mol. The molecule has 0 fully saturated rings. The maximum Gasteiger partial charge on any atom is 0.131 e. The Labute approximate surface area is 168 Å². The number of rotatable bonds is 9. The predicted octanol–water partition coefficient (Wildman–Crippen LogP) is 5.85. The normalized spacial score (nSPS) is 11.6. The van der Waals surface area contributed by atoms with Crippen molar-refractivity contribution in [1.29, 1.82) is 0 Å². The molecule has 0 amide bonds. The zero-order chi connectivity index (χ0) is 20.8. The number of unbranched alkanes of at least 4 members (excludes halogenated alkanes) is 2. The van der Waals surface area contributed by atoms with E-state index in [1.165, 1.54) is 6.07 Å². The predicted molar refractivity (Wildman–Crippen MR) is 113 cm³/mol. The molecule has 1 heterocycles. The number of hydrogen-bond donors (Lipinski definition) is 2. The highest BCUT2D eigenvalue weighted by Crippen LogP contribution is 2.38. The van der Waals surface area contributed by atoms with E-state index < -0.39 is 0 Å². The fourth-order valence-electron chi connectivity index (χ4n) is 3.81. The smallest absolute Gasteiger partial charge is 0.131 e. The molecule has 2 rings (SSSR count). The number of pyridine rings is 1. The average Bonchev–Trinajstić information content (AvgIpc) is 2.67. The molecule has 0 aliphatic rings. The Bertz CT molecular complexity index is 800. The van der Waals surface area contributed by atoms with Gasteiger partial charge in [0.25, 0.3) is 0 Å². The molecule has 28 heavy (non-hydrogen) atoms. The lowest BCUT2D eigenvalue weighted by molar-refractivity contribution is 0.279. The second-order valence-electron chi connectivity index (χ2n) is 8.11. The van der Waals surface area contributed by atoms with E-state index in [1.54, 1.807) is 12.1 Å². The molecule has 4 heteroatoms. The first-order chi connectivity index (χ1) is 13.3. The van der Waals surface area contributed by atoms with Crippen LogP contribution in [0.3, 0.4) is 0 Å². The Morgan fingerprint density at radius 1 is 0.929 bits per heavy atom. The molecular formula is C24H34FNO2. The highest BCUT2D eigenvalue weighted by molar-refractivity contribution is 5.74. The Kier molecular flexibility index (Phi) is 8.14. The van der Waals surface area contributed by atoms with Crippen molar-refractivity contribution in [3.05, 3.63) is 52.1 Å². The van der Waals surface area contributed by atoms with Crippen molar-refractivity contribution in [2.45, 2.75) is 85.4 Å². The minimum atomic E-state index is -0.334. The van der Waals surface area contributed by atoms with Gasteiger partial charge >= 0.3 is 0 Å². The molecule has 1 aromatic heterocycles. The van der Waals surface area contributed by atoms with Crippen molar-refractivity contribution < 1.29 is 14.6 Å². The second kappa shape index (κ2) is 10.1. The van der Waals surface area contributed by atoms with Gasteiger partial charge in [0.15, 0.2) is 0 Å². The van der Waals surface area contributed by atoms with Gasteiger partial charge in [-0.3, -0.25) is 4.98 Å². The van der Waals surface area contributed by atoms with Crippen LogP contribution in [-0.4, -0.2) is 15.2 Å². The van der Waals surface area contributed by atoms with Crippen LogP contribution in [0.1, 0.15) is 93.8 Å². The van der Waals surface area contributed by atoms with E-state index in [4.69, 9.17) is 4.98 Å². The molecule has 0 spiro atoms. The molecule has 0 atom stereocenters. The van der Waals surface area contributed by atoms with Gasteiger partial charge < -0.3 is 10.2 Å². The lowest BCUT2D eigenvalue weighted by atomic mass is 9.85. The Morgan fingerprint density at radius 3 is 2.11 bits per heavy atom. The van der Waals surface area contributed by atoms with Gasteiger partial charge in [-0.05, 0) is 53.5 Å². The summed E-state index contributed by atoms with van der Waals surface area (Å²) in [6.45, 7) is 10.1. The van der Waals surface area contributed by atoms with E-state index in [0.717, 1.165) is 48.2 Å². The number of benzene rings is 1. The molecule has 0 aliphatic carbocycles. The number of aromatic nitrogens is 1. The summed E-state index contributed by atoms with van der Waals surface area (Å²) in [4.78, 5) is 4.95. The summed E-state index contributed by atoms with van der Waals surface area (Å²) in [5.41, 5.74) is 5.44. The van der Waals surface area contributed by atoms with Crippen molar-refractivity contribution in [3.63, 3.8) is 0 Å². The minimum absolute atomic E-state index is 0.118. The maximum absolute atomic E-state index is 15.0. The number of halogens is 1. The molecule has 0 unspecified atom stereocenters. The van der Waals surface area contributed by atoms with Crippen LogP contribution in [0.5, 0.6) is 0 Å². The van der Waals surface area contributed by atoms with Crippen molar-refractivity contribution >= 4 is 0 Å². The topological polar surface area (TPSA) is 53.4 Å². The summed E-state index contributed by atoms with van der Waals surface area (Å²) in [7, 11) is 0. The Balaban J connectivity index is 2.88. The van der Waals surface area contributed by atoms with E-state index in [-0.39, 0.29) is 30.9 Å². The fraction of sp³-hybridized carbons (Fsp3) is 0.542. The molecule has 2 aromatic rings. The van der Waals surface area contributed by atoms with E-state index in [0.29, 0.717) is 16.7 Å². The van der Waals surface area contributed by atoms with Crippen molar-refractivity contribution in [2.24, 2.45) is 0 Å². The SMILES string of the molecule is CCCCCc1c(C(C)C)nc(C(C)C)c(CO)c1-c1cc(CO)ccc1F. The van der Waals surface area contributed by atoms with Gasteiger partial charge in [-0.25, -0.2) is 4.39 Å². The highest BCUT2D eigenvalue weighted by Gasteiger charge is 2.24. The maximum atomic E-state index is 15.0. The van der Waals surface area contributed by atoms with Crippen LogP contribution in [0.4, 0.5) is 4.39 Å². The van der Waals surface area contributed by atoms with Crippen LogP contribution in [0.2, 0.25) is 0 Å². The molecular weight excluding hydrogens is 353 g/mol. The third kappa shape index (κ3) is 4.79. The summed E-state index contributed by atoms with van der Waals surface area (Å²) in [5, 5.41) is 19.8. The van der Waals surface area contributed by atoms with Gasteiger partial charge in [0.1, 0.15) is 5.82 Å². The highest BCUT2D eigenvalue weighted by atomic mass is 19.1. The molecule has 0 aliphatic heterocycles. The van der Waals surface area contributed by atoms with Crippen LogP contribution < -0.4 is 0 Å². The third-order valence-electron chi connectivity index (χ3n) is 5.23. The van der Waals surface area contributed by atoms with E-state index in [9.17, 15) is 14.6 Å². The lowest BCUT2D eigenvalue weighted by Gasteiger charge is -2.24.